The van der Waals surface area contributed by atoms with Crippen molar-refractivity contribution >= 4 is 17.8 Å². The minimum atomic E-state index is -1.23. The van der Waals surface area contributed by atoms with E-state index in [0.717, 1.165) is 6.92 Å². The molecule has 0 aliphatic rings. The van der Waals surface area contributed by atoms with Crippen molar-refractivity contribution in [2.75, 3.05) is 0 Å². The molecule has 0 spiro atoms. The van der Waals surface area contributed by atoms with E-state index in [0.29, 0.717) is 0 Å². The summed E-state index contributed by atoms with van der Waals surface area (Å²) in [5, 5.41) is 2.16. The maximum Gasteiger partial charge on any atom is 0.408 e. The summed E-state index contributed by atoms with van der Waals surface area (Å²) < 4.78 is 16.4. The van der Waals surface area contributed by atoms with Crippen molar-refractivity contribution < 1.29 is 28.6 Å². The van der Waals surface area contributed by atoms with E-state index >= 15 is 0 Å². The molecular formula is C10H16FNO5. The zero-order chi connectivity index (χ0) is 13.6. The van der Waals surface area contributed by atoms with E-state index in [1.807, 2.05) is 0 Å². The van der Waals surface area contributed by atoms with E-state index in [9.17, 15) is 18.9 Å². The fourth-order valence-electron chi connectivity index (χ4n) is 0.944. The second-order valence-corrected chi connectivity index (χ2v) is 4.46. The molecule has 1 amide bonds. The number of carbonyl (C=O) groups is 3. The summed E-state index contributed by atoms with van der Waals surface area (Å²) in [6.45, 7) is 6.09. The third-order valence-electron chi connectivity index (χ3n) is 1.64. The van der Waals surface area contributed by atoms with E-state index < -0.39 is 35.9 Å². The largest absolute Gasteiger partial charge is 0.444 e. The van der Waals surface area contributed by atoms with Crippen LogP contribution in [0.2, 0.25) is 0 Å². The topological polar surface area (TPSA) is 81.7 Å². The van der Waals surface area contributed by atoms with Gasteiger partial charge in [-0.05, 0) is 27.7 Å². The first-order valence-corrected chi connectivity index (χ1v) is 4.97. The van der Waals surface area contributed by atoms with Crippen molar-refractivity contribution in [3.8, 4) is 0 Å². The van der Waals surface area contributed by atoms with Gasteiger partial charge in [0.25, 0.3) is 0 Å². The van der Waals surface area contributed by atoms with Gasteiger partial charge < -0.3 is 10.1 Å². The van der Waals surface area contributed by atoms with Crippen molar-refractivity contribution in [3.63, 3.8) is 0 Å². The van der Waals surface area contributed by atoms with Crippen LogP contribution in [0.3, 0.4) is 0 Å². The number of halogens is 1. The molecule has 0 rings (SSSR count). The molecule has 0 aliphatic carbocycles. The number of hydrogen-bond donors (Lipinski definition) is 1. The van der Waals surface area contributed by atoms with Crippen molar-refractivity contribution in [2.45, 2.75) is 45.8 Å². The van der Waals surface area contributed by atoms with Crippen LogP contribution in [0.4, 0.5) is 9.32 Å². The molecule has 0 saturated carbocycles. The van der Waals surface area contributed by atoms with Gasteiger partial charge in [0.1, 0.15) is 11.6 Å². The van der Waals surface area contributed by atoms with Gasteiger partial charge in [-0.3, -0.25) is 9.74 Å². The zero-order valence-corrected chi connectivity index (χ0v) is 10.2. The average Bonchev–Trinajstić information content (AvgIpc) is 2.13. The first-order valence-electron chi connectivity index (χ1n) is 4.97. The summed E-state index contributed by atoms with van der Waals surface area (Å²) in [7, 11) is 0. The van der Waals surface area contributed by atoms with Gasteiger partial charge in [-0.15, -0.1) is 0 Å². The number of Topliss-reactive ketones (excluding diaryl/α,β-unsaturated/α-hetero) is 1. The van der Waals surface area contributed by atoms with E-state index in [1.165, 1.54) is 0 Å². The van der Waals surface area contributed by atoms with Crippen LogP contribution in [0.25, 0.3) is 0 Å². The van der Waals surface area contributed by atoms with Crippen LogP contribution in [0.15, 0.2) is 0 Å². The summed E-state index contributed by atoms with van der Waals surface area (Å²) in [5.74, 6) is -1.73. The summed E-state index contributed by atoms with van der Waals surface area (Å²) in [6.07, 6.45) is -1.44. The van der Waals surface area contributed by atoms with Gasteiger partial charge in [-0.25, -0.2) is 9.59 Å². The molecular weight excluding hydrogens is 233 g/mol. The molecule has 0 aromatic rings. The van der Waals surface area contributed by atoms with Gasteiger partial charge in [-0.2, -0.15) is 0 Å². The van der Waals surface area contributed by atoms with Gasteiger partial charge >= 0.3 is 12.1 Å². The molecule has 7 heteroatoms. The lowest BCUT2D eigenvalue weighted by Gasteiger charge is -2.21. The molecule has 0 aliphatic heterocycles. The Kier molecular flexibility index (Phi) is 5.57. The molecule has 0 saturated heterocycles. The average molecular weight is 249 g/mol. The molecule has 0 radical (unpaired) electrons. The first kappa shape index (κ1) is 15.3. The van der Waals surface area contributed by atoms with E-state index in [-0.39, 0.29) is 0 Å². The lowest BCUT2D eigenvalue weighted by molar-refractivity contribution is -0.184. The molecule has 0 fully saturated rings. The summed E-state index contributed by atoms with van der Waals surface area (Å²) in [5.41, 5.74) is -0.730. The number of amides is 1. The van der Waals surface area contributed by atoms with E-state index in [2.05, 4.69) is 10.3 Å². The number of rotatable bonds is 4. The Balaban J connectivity index is 4.41. The monoisotopic (exact) mass is 249 g/mol. The minimum absolute atomic E-state index is 0.499. The lowest BCUT2D eigenvalue weighted by Crippen LogP contribution is -2.43. The Morgan fingerprint density at radius 2 is 1.82 bits per heavy atom. The normalized spacial score (nSPS) is 12.5. The Labute approximate surface area is 98.4 Å². The Hall–Kier alpha value is -1.66. The molecule has 0 heterocycles. The number of alkyl carbamates (subject to hydrolysis) is 1. The third-order valence-corrected chi connectivity index (χ3v) is 1.64. The van der Waals surface area contributed by atoms with Gasteiger partial charge in [0.2, 0.25) is 0 Å². The molecule has 1 N–H and O–H groups in total. The van der Waals surface area contributed by atoms with E-state index in [4.69, 9.17) is 4.74 Å². The number of carbonyl (C=O) groups excluding carboxylic acids is 3. The van der Waals surface area contributed by atoms with Crippen LogP contribution < -0.4 is 5.32 Å². The molecule has 17 heavy (non-hydrogen) atoms. The van der Waals surface area contributed by atoms with Crippen molar-refractivity contribution in [1.82, 2.24) is 5.32 Å². The molecule has 0 aromatic carbocycles. The Bertz CT molecular complexity index is 310. The smallest absolute Gasteiger partial charge is 0.408 e. The fraction of sp³-hybridized carbons (Fsp3) is 0.700. The van der Waals surface area contributed by atoms with Crippen LogP contribution in [-0.2, 0) is 19.3 Å². The van der Waals surface area contributed by atoms with E-state index in [1.54, 1.807) is 20.8 Å². The fourth-order valence-corrected chi connectivity index (χ4v) is 0.944. The maximum atomic E-state index is 11.5. The molecule has 1 unspecified atom stereocenters. The second kappa shape index (κ2) is 6.17. The number of nitrogens with one attached hydrogen (secondary N) is 1. The first-order chi connectivity index (χ1) is 7.65. The van der Waals surface area contributed by atoms with Crippen LogP contribution in [0, 0.1) is 0 Å². The lowest BCUT2D eigenvalue weighted by atomic mass is 10.1. The van der Waals surface area contributed by atoms with Crippen molar-refractivity contribution in [1.29, 1.82) is 0 Å². The number of hydrogen-bond acceptors (Lipinski definition) is 5. The molecule has 6 nitrogen and oxygen atoms in total. The predicted octanol–water partition coefficient (Wildman–Crippen LogP) is 1.29. The highest BCUT2D eigenvalue weighted by Crippen LogP contribution is 2.07. The van der Waals surface area contributed by atoms with Gasteiger partial charge in [0, 0.05) is 4.53 Å². The second-order valence-electron chi connectivity index (χ2n) is 4.46. The highest BCUT2D eigenvalue weighted by Gasteiger charge is 2.25. The zero-order valence-electron chi connectivity index (χ0n) is 10.2. The standard InChI is InChI=1S/C10H16FNO5/c1-6(13)7(5-8(14)17-11)12-9(15)16-10(2,3)4/h7H,5H2,1-4H3,(H,12,15). The van der Waals surface area contributed by atoms with Crippen LogP contribution >= 0.6 is 0 Å². The number of ketones is 1. The summed E-state index contributed by atoms with van der Waals surface area (Å²) >= 11 is 0. The van der Waals surface area contributed by atoms with Crippen LogP contribution in [0.5, 0.6) is 0 Å². The van der Waals surface area contributed by atoms with Gasteiger partial charge in [0.15, 0.2) is 5.78 Å². The predicted molar refractivity (Wildman–Crippen MR) is 55.7 cm³/mol. The molecule has 98 valence electrons. The Morgan fingerprint density at radius 3 is 2.18 bits per heavy atom. The quantitative estimate of drug-likeness (QED) is 0.811. The molecule has 0 bridgehead atoms. The maximum absolute atomic E-state index is 11.5. The van der Waals surface area contributed by atoms with Crippen molar-refractivity contribution in [2.24, 2.45) is 0 Å². The Morgan fingerprint density at radius 1 is 1.29 bits per heavy atom. The van der Waals surface area contributed by atoms with Crippen LogP contribution in [-0.4, -0.2) is 29.5 Å². The van der Waals surface area contributed by atoms with Gasteiger partial charge in [-0.1, -0.05) is 0 Å². The summed E-state index contributed by atoms with van der Waals surface area (Å²) in [6, 6.07) is -1.16. The molecule has 1 atom stereocenters. The third kappa shape index (κ3) is 7.26. The molecule has 0 aromatic heterocycles. The van der Waals surface area contributed by atoms with Crippen molar-refractivity contribution in [3.05, 3.63) is 0 Å². The van der Waals surface area contributed by atoms with Gasteiger partial charge in [0.05, 0.1) is 6.42 Å². The SMILES string of the molecule is CC(=O)C(CC(=O)OF)NC(=O)OC(C)(C)C. The van der Waals surface area contributed by atoms with Crippen LogP contribution in [0.1, 0.15) is 34.1 Å². The minimum Gasteiger partial charge on any atom is -0.444 e. The highest BCUT2D eigenvalue weighted by molar-refractivity contribution is 5.89. The number of ether oxygens (including phenoxy) is 1. The highest BCUT2D eigenvalue weighted by atomic mass is 19.3. The summed E-state index contributed by atoms with van der Waals surface area (Å²) in [4.78, 5) is 36.0.